The van der Waals surface area contributed by atoms with E-state index in [-0.39, 0.29) is 0 Å². The lowest BCUT2D eigenvalue weighted by atomic mass is 10.1. The van der Waals surface area contributed by atoms with Crippen LogP contribution in [0.25, 0.3) is 0 Å². The monoisotopic (exact) mass is 226 g/mol. The van der Waals surface area contributed by atoms with Gasteiger partial charge in [-0.2, -0.15) is 0 Å². The Hall–Kier alpha value is -0.540. The lowest BCUT2D eigenvalue weighted by molar-refractivity contribution is 0.122. The minimum Gasteiger partial charge on any atom is -0.497 e. The third-order valence-electron chi connectivity index (χ3n) is 3.12. The van der Waals surface area contributed by atoms with E-state index in [1.807, 2.05) is 6.26 Å². The molecule has 0 aromatic rings. The molecule has 0 spiro atoms. The van der Waals surface area contributed by atoms with Crippen molar-refractivity contribution in [1.82, 2.24) is 10.2 Å². The fourth-order valence-corrected chi connectivity index (χ4v) is 1.97. The number of nitrogens with one attached hydrogen (secondary N) is 1. The van der Waals surface area contributed by atoms with Crippen molar-refractivity contribution in [3.8, 4) is 0 Å². The molecule has 0 aromatic carbocycles. The molecule has 0 bridgehead atoms. The Morgan fingerprint density at radius 2 is 2.19 bits per heavy atom. The summed E-state index contributed by atoms with van der Waals surface area (Å²) in [6, 6.07) is 0. The molecule has 1 aliphatic heterocycles. The molecule has 94 valence electrons. The summed E-state index contributed by atoms with van der Waals surface area (Å²) in [7, 11) is 0. The molecule has 1 N–H and O–H groups in total. The Morgan fingerprint density at radius 3 is 2.81 bits per heavy atom. The zero-order chi connectivity index (χ0) is 11.6. The number of hydrogen-bond donors (Lipinski definition) is 1. The first-order chi connectivity index (χ1) is 7.86. The van der Waals surface area contributed by atoms with Crippen molar-refractivity contribution >= 4 is 0 Å². The van der Waals surface area contributed by atoms with Gasteiger partial charge in [-0.15, -0.1) is 0 Å². The maximum Gasteiger partial charge on any atom is 0.110 e. The fraction of sp³-hybridized carbons (Fsp3) is 0.846. The van der Waals surface area contributed by atoms with Crippen LogP contribution < -0.4 is 5.32 Å². The number of ether oxygens (including phenoxy) is 1. The highest BCUT2D eigenvalue weighted by atomic mass is 16.5. The largest absolute Gasteiger partial charge is 0.497 e. The van der Waals surface area contributed by atoms with Gasteiger partial charge in [-0.3, -0.25) is 0 Å². The third kappa shape index (κ3) is 5.52. The molecule has 3 nitrogen and oxygen atoms in total. The minimum absolute atomic E-state index is 0.387. The molecule has 16 heavy (non-hydrogen) atoms. The van der Waals surface area contributed by atoms with Crippen molar-refractivity contribution in [2.24, 2.45) is 0 Å². The molecule has 0 aliphatic carbocycles. The topological polar surface area (TPSA) is 24.5 Å². The fourth-order valence-electron chi connectivity index (χ4n) is 1.97. The summed E-state index contributed by atoms with van der Waals surface area (Å²) in [4.78, 5) is 2.46. The number of allylic oxidation sites excluding steroid dienone is 1. The van der Waals surface area contributed by atoms with Crippen molar-refractivity contribution < 1.29 is 4.74 Å². The van der Waals surface area contributed by atoms with Crippen molar-refractivity contribution in [1.29, 1.82) is 0 Å². The molecule has 0 amide bonds. The van der Waals surface area contributed by atoms with Gasteiger partial charge in [0.15, 0.2) is 0 Å². The van der Waals surface area contributed by atoms with Crippen molar-refractivity contribution in [2.75, 3.05) is 32.7 Å². The smallest absolute Gasteiger partial charge is 0.110 e. The van der Waals surface area contributed by atoms with Gasteiger partial charge in [0, 0.05) is 6.54 Å². The van der Waals surface area contributed by atoms with Gasteiger partial charge >= 0.3 is 0 Å². The van der Waals surface area contributed by atoms with Gasteiger partial charge in [0.25, 0.3) is 0 Å². The van der Waals surface area contributed by atoms with Crippen LogP contribution in [0.15, 0.2) is 12.3 Å². The molecule has 1 unspecified atom stereocenters. The van der Waals surface area contributed by atoms with Crippen LogP contribution in [0.5, 0.6) is 0 Å². The van der Waals surface area contributed by atoms with E-state index < -0.39 is 0 Å². The minimum atomic E-state index is 0.387. The first-order valence-electron chi connectivity index (χ1n) is 6.60. The molecule has 1 aliphatic rings. The second kappa shape index (κ2) is 8.59. The highest BCUT2D eigenvalue weighted by molar-refractivity contribution is 4.82. The average molecular weight is 226 g/mol. The molecule has 3 heteroatoms. The molecule has 0 saturated carbocycles. The lowest BCUT2D eigenvalue weighted by Crippen LogP contribution is -2.32. The first kappa shape index (κ1) is 13.5. The van der Waals surface area contributed by atoms with Gasteiger partial charge in [-0.25, -0.2) is 0 Å². The highest BCUT2D eigenvalue weighted by Crippen LogP contribution is 2.08. The van der Waals surface area contributed by atoms with Crippen LogP contribution in [-0.2, 0) is 4.74 Å². The molecular weight excluding hydrogens is 200 g/mol. The molecule has 0 aromatic heterocycles. The van der Waals surface area contributed by atoms with Crippen LogP contribution in [0.4, 0.5) is 0 Å². The predicted octanol–water partition coefficient (Wildman–Crippen LogP) is 2.00. The van der Waals surface area contributed by atoms with Gasteiger partial charge < -0.3 is 15.0 Å². The SMILES string of the molecule is CCN(CC)CCCNCC1CCC=CO1. The van der Waals surface area contributed by atoms with Crippen LogP contribution in [0.3, 0.4) is 0 Å². The number of rotatable bonds is 8. The summed E-state index contributed by atoms with van der Waals surface area (Å²) in [5, 5.41) is 3.47. The highest BCUT2D eigenvalue weighted by Gasteiger charge is 2.09. The van der Waals surface area contributed by atoms with E-state index in [1.165, 1.54) is 13.0 Å². The van der Waals surface area contributed by atoms with Gasteiger partial charge in [0.2, 0.25) is 0 Å². The Morgan fingerprint density at radius 1 is 1.38 bits per heavy atom. The van der Waals surface area contributed by atoms with Crippen molar-refractivity contribution in [3.05, 3.63) is 12.3 Å². The van der Waals surface area contributed by atoms with Crippen LogP contribution in [0.2, 0.25) is 0 Å². The summed E-state index contributed by atoms with van der Waals surface area (Å²) in [6.45, 7) is 10.0. The van der Waals surface area contributed by atoms with Gasteiger partial charge in [0.05, 0.1) is 6.26 Å². The van der Waals surface area contributed by atoms with Gasteiger partial charge in [-0.1, -0.05) is 13.8 Å². The normalized spacial score (nSPS) is 20.1. The predicted molar refractivity (Wildman–Crippen MR) is 68.5 cm³/mol. The molecular formula is C13H26N2O. The Labute approximate surface area is 99.8 Å². The Bertz CT molecular complexity index is 190. The maximum absolute atomic E-state index is 5.49. The molecule has 0 saturated heterocycles. The number of nitrogens with zero attached hydrogens (tertiary/aromatic N) is 1. The first-order valence-corrected chi connectivity index (χ1v) is 6.60. The van der Waals surface area contributed by atoms with E-state index >= 15 is 0 Å². The lowest BCUT2D eigenvalue weighted by Gasteiger charge is -2.21. The van der Waals surface area contributed by atoms with Crippen LogP contribution in [0, 0.1) is 0 Å². The number of hydrogen-bond acceptors (Lipinski definition) is 3. The molecule has 1 rings (SSSR count). The maximum atomic E-state index is 5.49. The Kier molecular flexibility index (Phi) is 7.26. The summed E-state index contributed by atoms with van der Waals surface area (Å²) in [6.07, 6.45) is 7.86. The van der Waals surface area contributed by atoms with Crippen molar-refractivity contribution in [3.63, 3.8) is 0 Å². The van der Waals surface area contributed by atoms with E-state index in [1.54, 1.807) is 0 Å². The summed E-state index contributed by atoms with van der Waals surface area (Å²) >= 11 is 0. The summed E-state index contributed by atoms with van der Waals surface area (Å²) in [5.41, 5.74) is 0. The second-order valence-corrected chi connectivity index (χ2v) is 4.29. The van der Waals surface area contributed by atoms with Gasteiger partial charge in [0.1, 0.15) is 6.10 Å². The zero-order valence-electron chi connectivity index (χ0n) is 10.7. The third-order valence-corrected chi connectivity index (χ3v) is 3.12. The molecule has 0 radical (unpaired) electrons. The van der Waals surface area contributed by atoms with Crippen LogP contribution in [0.1, 0.15) is 33.1 Å². The van der Waals surface area contributed by atoms with E-state index in [0.29, 0.717) is 6.10 Å². The Balaban J connectivity index is 1.93. The molecule has 0 fully saturated rings. The molecule has 1 heterocycles. The van der Waals surface area contributed by atoms with Crippen LogP contribution >= 0.6 is 0 Å². The summed E-state index contributed by atoms with van der Waals surface area (Å²) in [5.74, 6) is 0. The van der Waals surface area contributed by atoms with E-state index in [9.17, 15) is 0 Å². The van der Waals surface area contributed by atoms with Crippen molar-refractivity contribution in [2.45, 2.75) is 39.2 Å². The quantitative estimate of drug-likeness (QED) is 0.641. The van der Waals surface area contributed by atoms with E-state index in [4.69, 9.17) is 4.74 Å². The average Bonchev–Trinajstić information content (AvgIpc) is 2.35. The van der Waals surface area contributed by atoms with E-state index in [2.05, 4.69) is 30.1 Å². The summed E-state index contributed by atoms with van der Waals surface area (Å²) < 4.78 is 5.49. The second-order valence-electron chi connectivity index (χ2n) is 4.29. The van der Waals surface area contributed by atoms with Crippen LogP contribution in [-0.4, -0.2) is 43.7 Å². The molecule has 1 atom stereocenters. The van der Waals surface area contributed by atoms with E-state index in [0.717, 1.165) is 39.0 Å². The van der Waals surface area contributed by atoms with Gasteiger partial charge in [-0.05, 0) is 51.5 Å². The zero-order valence-corrected chi connectivity index (χ0v) is 10.7. The standard InChI is InChI=1S/C13H26N2O/c1-3-15(4-2)10-7-9-14-12-13-8-5-6-11-16-13/h6,11,13-14H,3-5,7-10,12H2,1-2H3.